The van der Waals surface area contributed by atoms with Crippen molar-refractivity contribution in [3.05, 3.63) is 63.2 Å². The lowest BCUT2D eigenvalue weighted by Crippen LogP contribution is -1.95. The van der Waals surface area contributed by atoms with Crippen molar-refractivity contribution in [1.82, 2.24) is 0 Å². The summed E-state index contributed by atoms with van der Waals surface area (Å²) in [5, 5.41) is 11.0. The van der Waals surface area contributed by atoms with Gasteiger partial charge in [-0.25, -0.2) is 0 Å². The third kappa shape index (κ3) is 2.21. The number of hydrogen-bond donors (Lipinski definition) is 0. The molecule has 0 amide bonds. The van der Waals surface area contributed by atoms with Gasteiger partial charge in [0.15, 0.2) is 0 Å². The van der Waals surface area contributed by atoms with E-state index in [1.54, 1.807) is 13.0 Å². The Balaban J connectivity index is 2.71. The molecule has 3 nitrogen and oxygen atoms in total. The molecule has 2 rings (SSSR count). The van der Waals surface area contributed by atoms with Crippen molar-refractivity contribution in [1.29, 1.82) is 0 Å². The quantitative estimate of drug-likeness (QED) is 0.462. The molecule has 0 bridgehead atoms. The van der Waals surface area contributed by atoms with Crippen molar-refractivity contribution < 1.29 is 4.92 Å². The molecule has 0 saturated carbocycles. The van der Waals surface area contributed by atoms with E-state index in [0.717, 1.165) is 22.3 Å². The van der Waals surface area contributed by atoms with E-state index in [4.69, 9.17) is 6.42 Å². The predicted octanol–water partition coefficient (Wildman–Crippen LogP) is 3.86. The summed E-state index contributed by atoms with van der Waals surface area (Å²) in [6.45, 7) is 3.69. The molecule has 19 heavy (non-hydrogen) atoms. The molecule has 2 aromatic rings. The molecule has 0 aliphatic rings. The Labute approximate surface area is 112 Å². The van der Waals surface area contributed by atoms with Crippen LogP contribution in [0.5, 0.6) is 0 Å². The van der Waals surface area contributed by atoms with Gasteiger partial charge in [-0.1, -0.05) is 30.2 Å². The zero-order valence-corrected chi connectivity index (χ0v) is 10.8. The fourth-order valence-electron chi connectivity index (χ4n) is 2.20. The standard InChI is InChI=1S/C16H13NO2/c1-4-13-7-5-8-14(11(13)2)15-9-6-10-16(12(15)3)17(18)19/h1,5-10H,2-3H3. The van der Waals surface area contributed by atoms with Crippen LogP contribution in [-0.4, -0.2) is 4.92 Å². The van der Waals surface area contributed by atoms with Gasteiger partial charge in [-0.05, 0) is 36.6 Å². The van der Waals surface area contributed by atoms with E-state index in [9.17, 15) is 10.1 Å². The molecule has 94 valence electrons. The van der Waals surface area contributed by atoms with Crippen molar-refractivity contribution in [2.75, 3.05) is 0 Å². The number of benzene rings is 2. The van der Waals surface area contributed by atoms with Crippen LogP contribution in [0.2, 0.25) is 0 Å². The van der Waals surface area contributed by atoms with Gasteiger partial charge in [0.2, 0.25) is 0 Å². The van der Waals surface area contributed by atoms with Gasteiger partial charge in [-0.2, -0.15) is 0 Å². The molecular formula is C16H13NO2. The SMILES string of the molecule is C#Cc1cccc(-c2cccc([N+](=O)[O-])c2C)c1C. The van der Waals surface area contributed by atoms with Gasteiger partial charge in [0.1, 0.15) is 0 Å². The van der Waals surface area contributed by atoms with E-state index < -0.39 is 0 Å². The van der Waals surface area contributed by atoms with E-state index in [1.807, 2.05) is 31.2 Å². The first kappa shape index (κ1) is 12.8. The van der Waals surface area contributed by atoms with Crippen molar-refractivity contribution in [3.63, 3.8) is 0 Å². The van der Waals surface area contributed by atoms with E-state index in [2.05, 4.69) is 5.92 Å². The van der Waals surface area contributed by atoms with Crippen molar-refractivity contribution >= 4 is 5.69 Å². The number of terminal acetylenes is 1. The van der Waals surface area contributed by atoms with E-state index in [-0.39, 0.29) is 10.6 Å². The molecule has 0 aromatic heterocycles. The molecule has 0 atom stereocenters. The first-order valence-corrected chi connectivity index (χ1v) is 5.87. The number of nitrogens with zero attached hydrogens (tertiary/aromatic N) is 1. The highest BCUT2D eigenvalue weighted by Crippen LogP contribution is 2.32. The summed E-state index contributed by atoms with van der Waals surface area (Å²) in [4.78, 5) is 10.6. The fraction of sp³-hybridized carbons (Fsp3) is 0.125. The first-order chi connectivity index (χ1) is 9.06. The van der Waals surface area contributed by atoms with Crippen LogP contribution in [-0.2, 0) is 0 Å². The van der Waals surface area contributed by atoms with Crippen molar-refractivity contribution in [3.8, 4) is 23.5 Å². The molecule has 0 N–H and O–H groups in total. The van der Waals surface area contributed by atoms with E-state index >= 15 is 0 Å². The first-order valence-electron chi connectivity index (χ1n) is 5.87. The van der Waals surface area contributed by atoms with Crippen LogP contribution in [0.3, 0.4) is 0 Å². The minimum atomic E-state index is -0.362. The fourth-order valence-corrected chi connectivity index (χ4v) is 2.20. The van der Waals surface area contributed by atoms with E-state index in [0.29, 0.717) is 5.56 Å². The van der Waals surface area contributed by atoms with Gasteiger partial charge in [0.05, 0.1) is 4.92 Å². The summed E-state index contributed by atoms with van der Waals surface area (Å²) in [5.74, 6) is 2.63. The molecular weight excluding hydrogens is 238 g/mol. The Morgan fingerprint density at radius 1 is 1.05 bits per heavy atom. The molecule has 3 heteroatoms. The van der Waals surface area contributed by atoms with Crippen LogP contribution in [0.25, 0.3) is 11.1 Å². The Morgan fingerprint density at radius 3 is 2.21 bits per heavy atom. The van der Waals surface area contributed by atoms with Gasteiger partial charge in [0, 0.05) is 17.2 Å². The lowest BCUT2D eigenvalue weighted by Gasteiger charge is -2.11. The van der Waals surface area contributed by atoms with Gasteiger partial charge >= 0.3 is 0 Å². The van der Waals surface area contributed by atoms with Crippen molar-refractivity contribution in [2.45, 2.75) is 13.8 Å². The molecule has 0 saturated heterocycles. The van der Waals surface area contributed by atoms with Gasteiger partial charge < -0.3 is 0 Å². The summed E-state index contributed by atoms with van der Waals surface area (Å²) in [6.07, 6.45) is 5.46. The topological polar surface area (TPSA) is 43.1 Å². The minimum absolute atomic E-state index is 0.128. The molecule has 2 aromatic carbocycles. The maximum absolute atomic E-state index is 11.0. The molecule has 0 radical (unpaired) electrons. The van der Waals surface area contributed by atoms with Gasteiger partial charge in [0.25, 0.3) is 5.69 Å². The molecule has 0 aliphatic heterocycles. The molecule has 0 spiro atoms. The van der Waals surface area contributed by atoms with Gasteiger partial charge in [-0.15, -0.1) is 6.42 Å². The zero-order valence-electron chi connectivity index (χ0n) is 10.8. The molecule has 0 fully saturated rings. The monoisotopic (exact) mass is 251 g/mol. The largest absolute Gasteiger partial charge is 0.272 e. The smallest absolute Gasteiger partial charge is 0.258 e. The lowest BCUT2D eigenvalue weighted by molar-refractivity contribution is -0.385. The second-order valence-corrected chi connectivity index (χ2v) is 4.33. The second kappa shape index (κ2) is 4.95. The highest BCUT2D eigenvalue weighted by atomic mass is 16.6. The summed E-state index contributed by atoms with van der Waals surface area (Å²) < 4.78 is 0. The van der Waals surface area contributed by atoms with Gasteiger partial charge in [-0.3, -0.25) is 10.1 Å². The summed E-state index contributed by atoms with van der Waals surface area (Å²) in [7, 11) is 0. The lowest BCUT2D eigenvalue weighted by atomic mass is 9.93. The zero-order chi connectivity index (χ0) is 14.0. The Bertz CT molecular complexity index is 696. The second-order valence-electron chi connectivity index (χ2n) is 4.33. The normalized spacial score (nSPS) is 9.95. The number of rotatable bonds is 2. The predicted molar refractivity (Wildman–Crippen MR) is 75.9 cm³/mol. The third-order valence-electron chi connectivity index (χ3n) is 3.28. The maximum Gasteiger partial charge on any atom is 0.272 e. The Kier molecular flexibility index (Phi) is 3.35. The summed E-state index contributed by atoms with van der Waals surface area (Å²) in [6, 6.07) is 10.8. The van der Waals surface area contributed by atoms with Crippen LogP contribution < -0.4 is 0 Å². The van der Waals surface area contributed by atoms with Crippen LogP contribution in [0, 0.1) is 36.3 Å². The average molecular weight is 251 g/mol. The minimum Gasteiger partial charge on any atom is -0.258 e. The highest BCUT2D eigenvalue weighted by Gasteiger charge is 2.15. The highest BCUT2D eigenvalue weighted by molar-refractivity contribution is 5.75. The Hall–Kier alpha value is -2.60. The average Bonchev–Trinajstić information content (AvgIpc) is 2.39. The van der Waals surface area contributed by atoms with Crippen LogP contribution in [0.15, 0.2) is 36.4 Å². The van der Waals surface area contributed by atoms with Crippen molar-refractivity contribution in [2.24, 2.45) is 0 Å². The molecule has 0 heterocycles. The summed E-state index contributed by atoms with van der Waals surface area (Å²) >= 11 is 0. The number of nitro groups is 1. The van der Waals surface area contributed by atoms with Crippen LogP contribution in [0.1, 0.15) is 16.7 Å². The molecule has 0 aliphatic carbocycles. The summed E-state index contributed by atoms with van der Waals surface area (Å²) in [5.41, 5.74) is 4.35. The number of hydrogen-bond acceptors (Lipinski definition) is 2. The third-order valence-corrected chi connectivity index (χ3v) is 3.28. The van der Waals surface area contributed by atoms with E-state index in [1.165, 1.54) is 6.07 Å². The van der Waals surface area contributed by atoms with Crippen LogP contribution >= 0.6 is 0 Å². The number of nitro benzene ring substituents is 1. The molecule has 0 unspecified atom stereocenters. The Morgan fingerprint density at radius 2 is 1.63 bits per heavy atom. The van der Waals surface area contributed by atoms with Crippen LogP contribution in [0.4, 0.5) is 5.69 Å². The maximum atomic E-state index is 11.0.